The maximum atomic E-state index is 13.1. The Morgan fingerprint density at radius 3 is 2.44 bits per heavy atom. The fourth-order valence-corrected chi connectivity index (χ4v) is 3.60. The molecule has 5 heteroatoms. The molecule has 0 bridgehead atoms. The van der Waals surface area contributed by atoms with Crippen LogP contribution in [0.1, 0.15) is 30.5 Å². The minimum absolute atomic E-state index is 0.120. The number of carbonyl (C=O) groups excluding carboxylic acids is 1. The quantitative estimate of drug-likeness (QED) is 0.881. The van der Waals surface area contributed by atoms with Gasteiger partial charge in [0.2, 0.25) is 5.91 Å². The lowest BCUT2D eigenvalue weighted by Crippen LogP contribution is -2.41. The van der Waals surface area contributed by atoms with Crippen molar-refractivity contribution in [3.8, 4) is 0 Å². The zero-order chi connectivity index (χ0) is 19.2. The van der Waals surface area contributed by atoms with Crippen LogP contribution >= 0.6 is 0 Å². The van der Waals surface area contributed by atoms with Gasteiger partial charge in [-0.1, -0.05) is 49.4 Å². The third-order valence-electron chi connectivity index (χ3n) is 5.33. The van der Waals surface area contributed by atoms with Gasteiger partial charge in [-0.3, -0.25) is 9.69 Å². The number of benzene rings is 2. The molecule has 2 aromatic rings. The van der Waals surface area contributed by atoms with E-state index in [1.807, 2.05) is 54.3 Å². The second-order valence-corrected chi connectivity index (χ2v) is 7.31. The van der Waals surface area contributed by atoms with Crippen molar-refractivity contribution in [3.05, 3.63) is 71.5 Å². The first-order chi connectivity index (χ1) is 13.0. The molecule has 0 aromatic heterocycles. The van der Waals surface area contributed by atoms with Crippen molar-refractivity contribution in [1.29, 1.82) is 0 Å². The minimum Gasteiger partial charge on any atom is -0.341 e. The van der Waals surface area contributed by atoms with Crippen LogP contribution in [-0.4, -0.2) is 41.9 Å². The molecule has 0 aliphatic carbocycles. The largest absolute Gasteiger partial charge is 0.341 e. The van der Waals surface area contributed by atoms with Crippen LogP contribution < -0.4 is 5.73 Å². The summed E-state index contributed by atoms with van der Waals surface area (Å²) in [7, 11) is 0. The van der Waals surface area contributed by atoms with E-state index in [1.54, 1.807) is 0 Å². The van der Waals surface area contributed by atoms with Gasteiger partial charge in [-0.25, -0.2) is 4.39 Å². The Balaban J connectivity index is 1.56. The van der Waals surface area contributed by atoms with E-state index in [1.165, 1.54) is 12.1 Å². The topological polar surface area (TPSA) is 49.6 Å². The predicted molar refractivity (Wildman–Crippen MR) is 105 cm³/mol. The molecule has 144 valence electrons. The van der Waals surface area contributed by atoms with Gasteiger partial charge < -0.3 is 10.6 Å². The maximum absolute atomic E-state index is 13.1. The van der Waals surface area contributed by atoms with Crippen molar-refractivity contribution in [1.82, 2.24) is 9.80 Å². The van der Waals surface area contributed by atoms with E-state index in [2.05, 4.69) is 4.90 Å². The molecule has 3 rings (SSSR count). The van der Waals surface area contributed by atoms with Crippen LogP contribution in [0.2, 0.25) is 0 Å². The highest BCUT2D eigenvalue weighted by Crippen LogP contribution is 2.22. The van der Waals surface area contributed by atoms with E-state index in [4.69, 9.17) is 5.73 Å². The van der Waals surface area contributed by atoms with Crippen LogP contribution in [-0.2, 0) is 11.3 Å². The van der Waals surface area contributed by atoms with Crippen molar-refractivity contribution in [3.63, 3.8) is 0 Å². The van der Waals surface area contributed by atoms with Crippen LogP contribution in [0.3, 0.4) is 0 Å². The summed E-state index contributed by atoms with van der Waals surface area (Å²) in [6, 6.07) is 16.1. The minimum atomic E-state index is -0.294. The Morgan fingerprint density at radius 2 is 1.74 bits per heavy atom. The smallest absolute Gasteiger partial charge is 0.227 e. The second-order valence-electron chi connectivity index (χ2n) is 7.31. The molecular formula is C22H28FN3O. The molecule has 2 unspecified atom stereocenters. The molecule has 1 amide bonds. The van der Waals surface area contributed by atoms with Crippen LogP contribution in [0.25, 0.3) is 0 Å². The molecule has 0 radical (unpaired) electrons. The molecule has 0 saturated carbocycles. The molecule has 1 aliphatic rings. The highest BCUT2D eigenvalue weighted by molar-refractivity contribution is 5.79. The molecular weight excluding hydrogens is 341 g/mol. The lowest BCUT2D eigenvalue weighted by Gasteiger charge is -2.28. The number of rotatable bonds is 5. The summed E-state index contributed by atoms with van der Waals surface area (Å²) in [6.45, 7) is 5.90. The summed E-state index contributed by atoms with van der Waals surface area (Å²) >= 11 is 0. The second kappa shape index (κ2) is 9.11. The monoisotopic (exact) mass is 369 g/mol. The summed E-state index contributed by atoms with van der Waals surface area (Å²) in [5.74, 6) is -0.346. The Labute approximate surface area is 160 Å². The number of nitrogens with zero attached hydrogens (tertiary/aromatic N) is 2. The first-order valence-electron chi connectivity index (χ1n) is 9.60. The lowest BCUT2D eigenvalue weighted by atomic mass is 9.94. The molecule has 0 spiro atoms. The van der Waals surface area contributed by atoms with Crippen molar-refractivity contribution in [2.75, 3.05) is 26.2 Å². The van der Waals surface area contributed by atoms with Crippen LogP contribution in [0, 0.1) is 11.7 Å². The van der Waals surface area contributed by atoms with Gasteiger partial charge in [-0.05, 0) is 29.7 Å². The zero-order valence-corrected chi connectivity index (χ0v) is 15.9. The van der Waals surface area contributed by atoms with Crippen LogP contribution in [0.5, 0.6) is 0 Å². The summed E-state index contributed by atoms with van der Waals surface area (Å²) in [6.07, 6.45) is 0.931. The molecule has 1 aliphatic heterocycles. The molecule has 2 atom stereocenters. The summed E-state index contributed by atoms with van der Waals surface area (Å²) in [5, 5.41) is 0. The molecule has 1 saturated heterocycles. The SMILES string of the molecule is CC(C(=O)N1CCCN(Cc2ccc(F)cc2)CC1)C(N)c1ccccc1. The molecule has 1 heterocycles. The number of hydrogen-bond donors (Lipinski definition) is 1. The average molecular weight is 369 g/mol. The molecule has 2 N–H and O–H groups in total. The van der Waals surface area contributed by atoms with E-state index < -0.39 is 0 Å². The highest BCUT2D eigenvalue weighted by Gasteiger charge is 2.28. The first kappa shape index (κ1) is 19.5. The van der Waals surface area contributed by atoms with Gasteiger partial charge in [0.1, 0.15) is 5.82 Å². The van der Waals surface area contributed by atoms with Gasteiger partial charge in [0.15, 0.2) is 0 Å². The number of nitrogens with two attached hydrogens (primary N) is 1. The van der Waals surface area contributed by atoms with E-state index in [0.717, 1.165) is 43.7 Å². The number of halogens is 1. The van der Waals surface area contributed by atoms with E-state index >= 15 is 0 Å². The van der Waals surface area contributed by atoms with E-state index in [0.29, 0.717) is 6.54 Å². The van der Waals surface area contributed by atoms with Gasteiger partial charge in [0.25, 0.3) is 0 Å². The Kier molecular flexibility index (Phi) is 6.58. The molecule has 2 aromatic carbocycles. The number of hydrogen-bond acceptors (Lipinski definition) is 3. The van der Waals surface area contributed by atoms with E-state index in [-0.39, 0.29) is 23.7 Å². The predicted octanol–water partition coefficient (Wildman–Crippen LogP) is 3.20. The standard InChI is InChI=1S/C22H28FN3O/c1-17(21(24)19-6-3-2-4-7-19)22(27)26-13-5-12-25(14-15-26)16-18-8-10-20(23)11-9-18/h2-4,6-11,17,21H,5,12-16,24H2,1H3. The number of carbonyl (C=O) groups is 1. The van der Waals surface area contributed by atoms with Gasteiger partial charge in [0.05, 0.1) is 5.92 Å². The highest BCUT2D eigenvalue weighted by atomic mass is 19.1. The van der Waals surface area contributed by atoms with Crippen molar-refractivity contribution in [2.45, 2.75) is 25.9 Å². The third kappa shape index (κ3) is 5.15. The van der Waals surface area contributed by atoms with Crippen molar-refractivity contribution >= 4 is 5.91 Å². The lowest BCUT2D eigenvalue weighted by molar-refractivity contribution is -0.135. The average Bonchev–Trinajstić information content (AvgIpc) is 2.94. The van der Waals surface area contributed by atoms with Crippen LogP contribution in [0.15, 0.2) is 54.6 Å². The Morgan fingerprint density at radius 1 is 1.04 bits per heavy atom. The van der Waals surface area contributed by atoms with Gasteiger partial charge in [-0.15, -0.1) is 0 Å². The fourth-order valence-electron chi connectivity index (χ4n) is 3.60. The van der Waals surface area contributed by atoms with Crippen molar-refractivity contribution < 1.29 is 9.18 Å². The first-order valence-corrected chi connectivity index (χ1v) is 9.60. The fraction of sp³-hybridized carbons (Fsp3) is 0.409. The number of amides is 1. The third-order valence-corrected chi connectivity index (χ3v) is 5.33. The maximum Gasteiger partial charge on any atom is 0.227 e. The summed E-state index contributed by atoms with van der Waals surface area (Å²) in [5.41, 5.74) is 8.42. The van der Waals surface area contributed by atoms with E-state index in [9.17, 15) is 9.18 Å². The normalized spacial score (nSPS) is 18.0. The molecule has 4 nitrogen and oxygen atoms in total. The Hall–Kier alpha value is -2.24. The van der Waals surface area contributed by atoms with Crippen molar-refractivity contribution in [2.24, 2.45) is 11.7 Å². The summed E-state index contributed by atoms with van der Waals surface area (Å²) < 4.78 is 13.1. The Bertz CT molecular complexity index is 735. The van der Waals surface area contributed by atoms with Crippen LogP contribution in [0.4, 0.5) is 4.39 Å². The van der Waals surface area contributed by atoms with Gasteiger partial charge in [0, 0.05) is 38.8 Å². The molecule has 1 fully saturated rings. The zero-order valence-electron chi connectivity index (χ0n) is 15.9. The van der Waals surface area contributed by atoms with Gasteiger partial charge in [-0.2, -0.15) is 0 Å². The molecule has 27 heavy (non-hydrogen) atoms. The van der Waals surface area contributed by atoms with Gasteiger partial charge >= 0.3 is 0 Å². The summed E-state index contributed by atoms with van der Waals surface area (Å²) in [4.78, 5) is 17.2.